The van der Waals surface area contributed by atoms with Crippen molar-refractivity contribution in [2.75, 3.05) is 26.2 Å². The molecule has 1 amide bonds. The molecule has 0 spiro atoms. The van der Waals surface area contributed by atoms with Crippen LogP contribution in [0.25, 0.3) is 0 Å². The highest BCUT2D eigenvalue weighted by Crippen LogP contribution is 2.24. The fourth-order valence-electron chi connectivity index (χ4n) is 3.10. The zero-order chi connectivity index (χ0) is 16.6. The number of nitrogens with zero attached hydrogens (tertiary/aromatic N) is 2. The van der Waals surface area contributed by atoms with Gasteiger partial charge >= 0.3 is 5.97 Å². The molecule has 0 radical (unpaired) electrons. The highest BCUT2D eigenvalue weighted by molar-refractivity contribution is 6.36. The maximum atomic E-state index is 12.6. The molecule has 2 fully saturated rings. The zero-order valence-electron chi connectivity index (χ0n) is 12.8. The lowest BCUT2D eigenvalue weighted by atomic mass is 10.1. The van der Waals surface area contributed by atoms with Gasteiger partial charge in [0.25, 0.3) is 5.91 Å². The first-order valence-electron chi connectivity index (χ1n) is 7.64. The summed E-state index contributed by atoms with van der Waals surface area (Å²) in [5.41, 5.74) is 0.457. The quantitative estimate of drug-likeness (QED) is 0.763. The van der Waals surface area contributed by atoms with Gasteiger partial charge in [0.1, 0.15) is 12.1 Å². The van der Waals surface area contributed by atoms with Crippen LogP contribution in [0.1, 0.15) is 23.7 Å². The van der Waals surface area contributed by atoms with Crippen LogP contribution in [0.15, 0.2) is 18.2 Å². The molecule has 2 aliphatic heterocycles. The Bertz CT molecular complexity index is 630. The molecule has 2 atom stereocenters. The monoisotopic (exact) mass is 356 g/mol. The Morgan fingerprint density at radius 2 is 1.91 bits per heavy atom. The Morgan fingerprint density at radius 3 is 2.48 bits per heavy atom. The van der Waals surface area contributed by atoms with E-state index in [1.54, 1.807) is 23.1 Å². The van der Waals surface area contributed by atoms with Gasteiger partial charge in [-0.15, -0.1) is 0 Å². The van der Waals surface area contributed by atoms with Crippen molar-refractivity contribution >= 4 is 35.1 Å². The second kappa shape index (κ2) is 6.67. The second-order valence-electron chi connectivity index (χ2n) is 5.95. The average Bonchev–Trinajstić information content (AvgIpc) is 2.85. The van der Waals surface area contributed by atoms with E-state index in [9.17, 15) is 9.59 Å². The summed E-state index contributed by atoms with van der Waals surface area (Å²) in [5, 5.41) is 0.864. The van der Waals surface area contributed by atoms with Crippen molar-refractivity contribution in [2.24, 2.45) is 0 Å². The number of piperazine rings is 1. The van der Waals surface area contributed by atoms with Gasteiger partial charge in [0, 0.05) is 37.6 Å². The molecule has 5 nitrogen and oxygen atoms in total. The smallest absolute Gasteiger partial charge is 0.323 e. The van der Waals surface area contributed by atoms with E-state index in [1.807, 2.05) is 6.92 Å². The molecule has 0 saturated carbocycles. The van der Waals surface area contributed by atoms with E-state index >= 15 is 0 Å². The van der Waals surface area contributed by atoms with Gasteiger partial charge < -0.3 is 9.64 Å². The number of cyclic esters (lactones) is 1. The zero-order valence-corrected chi connectivity index (χ0v) is 14.3. The summed E-state index contributed by atoms with van der Waals surface area (Å²) in [7, 11) is 0. The van der Waals surface area contributed by atoms with Gasteiger partial charge in [-0.25, -0.2) is 0 Å². The normalized spacial score (nSPS) is 25.5. The molecule has 2 aliphatic rings. The molecule has 7 heteroatoms. The molecule has 23 heavy (non-hydrogen) atoms. The van der Waals surface area contributed by atoms with Crippen molar-refractivity contribution in [3.05, 3.63) is 33.8 Å². The number of carbonyl (C=O) groups excluding carboxylic acids is 2. The van der Waals surface area contributed by atoms with Gasteiger partial charge in [-0.1, -0.05) is 23.2 Å². The lowest BCUT2D eigenvalue weighted by Gasteiger charge is -2.36. The maximum absolute atomic E-state index is 12.6. The van der Waals surface area contributed by atoms with Crippen LogP contribution in [0.3, 0.4) is 0 Å². The predicted octanol–water partition coefficient (Wildman–Crippen LogP) is 2.46. The third kappa shape index (κ3) is 3.47. The van der Waals surface area contributed by atoms with Gasteiger partial charge in [0.05, 0.1) is 10.6 Å². The van der Waals surface area contributed by atoms with Crippen molar-refractivity contribution in [3.8, 4) is 0 Å². The molecule has 2 saturated heterocycles. The molecule has 0 aliphatic carbocycles. The van der Waals surface area contributed by atoms with E-state index in [4.69, 9.17) is 27.9 Å². The first-order chi connectivity index (χ1) is 11.0. The third-order valence-corrected chi connectivity index (χ3v) is 4.90. The summed E-state index contributed by atoms with van der Waals surface area (Å²) in [6, 6.07) is 4.70. The van der Waals surface area contributed by atoms with Crippen LogP contribution in [0.4, 0.5) is 0 Å². The van der Waals surface area contributed by atoms with Gasteiger partial charge in [0.15, 0.2) is 0 Å². The summed E-state index contributed by atoms with van der Waals surface area (Å²) < 4.78 is 5.21. The Morgan fingerprint density at radius 1 is 1.22 bits per heavy atom. The van der Waals surface area contributed by atoms with Crippen LogP contribution in [0.5, 0.6) is 0 Å². The highest BCUT2D eigenvalue weighted by atomic mass is 35.5. The lowest BCUT2D eigenvalue weighted by molar-refractivity contribution is -0.145. The summed E-state index contributed by atoms with van der Waals surface area (Å²) in [6.07, 6.45) is 0.690. The van der Waals surface area contributed by atoms with Crippen molar-refractivity contribution in [1.29, 1.82) is 0 Å². The molecule has 1 aromatic carbocycles. The van der Waals surface area contributed by atoms with Crippen molar-refractivity contribution in [1.82, 2.24) is 9.80 Å². The molecule has 0 N–H and O–H groups in total. The van der Waals surface area contributed by atoms with Crippen LogP contribution in [0.2, 0.25) is 10.0 Å². The largest absolute Gasteiger partial charge is 0.461 e. The number of halogens is 2. The fraction of sp³-hybridized carbons (Fsp3) is 0.500. The minimum absolute atomic E-state index is 0.0277. The Balaban J connectivity index is 1.62. The van der Waals surface area contributed by atoms with Gasteiger partial charge in [0.2, 0.25) is 0 Å². The Kier molecular flexibility index (Phi) is 4.80. The second-order valence-corrected chi connectivity index (χ2v) is 6.79. The minimum Gasteiger partial charge on any atom is -0.461 e. The Labute approximate surface area is 145 Å². The van der Waals surface area contributed by atoms with Gasteiger partial charge in [-0.05, 0) is 25.1 Å². The number of hydrogen-bond acceptors (Lipinski definition) is 4. The predicted molar refractivity (Wildman–Crippen MR) is 87.9 cm³/mol. The number of amides is 1. The summed E-state index contributed by atoms with van der Waals surface area (Å²) in [4.78, 5) is 28.2. The SMILES string of the molecule is CC1CC(N2CCN(C(=O)c3ccc(Cl)cc3Cl)CC2)C(=O)O1. The fourth-order valence-corrected chi connectivity index (χ4v) is 3.59. The molecule has 1 aromatic rings. The molecule has 2 unspecified atom stereocenters. The average molecular weight is 357 g/mol. The first-order valence-corrected chi connectivity index (χ1v) is 8.40. The number of ether oxygens (including phenoxy) is 1. The van der Waals surface area contributed by atoms with Crippen molar-refractivity contribution < 1.29 is 14.3 Å². The minimum atomic E-state index is -0.179. The van der Waals surface area contributed by atoms with E-state index < -0.39 is 0 Å². The van der Waals surface area contributed by atoms with E-state index in [1.165, 1.54) is 0 Å². The van der Waals surface area contributed by atoms with Crippen LogP contribution in [-0.2, 0) is 9.53 Å². The van der Waals surface area contributed by atoms with Crippen molar-refractivity contribution in [3.63, 3.8) is 0 Å². The molecule has 3 rings (SSSR count). The summed E-state index contributed by atoms with van der Waals surface area (Å²) >= 11 is 12.0. The summed E-state index contributed by atoms with van der Waals surface area (Å²) in [6.45, 7) is 4.35. The van der Waals surface area contributed by atoms with Crippen LogP contribution < -0.4 is 0 Å². The topological polar surface area (TPSA) is 49.9 Å². The molecule has 124 valence electrons. The van der Waals surface area contributed by atoms with Crippen LogP contribution in [0, 0.1) is 0 Å². The van der Waals surface area contributed by atoms with E-state index in [0.717, 1.165) is 6.42 Å². The molecule has 0 aromatic heterocycles. The van der Waals surface area contributed by atoms with E-state index in [0.29, 0.717) is 41.8 Å². The molecular formula is C16H18Cl2N2O3. The number of rotatable bonds is 2. The highest BCUT2D eigenvalue weighted by Gasteiger charge is 2.38. The van der Waals surface area contributed by atoms with Crippen molar-refractivity contribution in [2.45, 2.75) is 25.5 Å². The standard InChI is InChI=1S/C16H18Cl2N2O3/c1-10-8-14(16(22)23-10)19-4-6-20(7-5-19)15(21)12-3-2-11(17)9-13(12)18/h2-3,9-10,14H,4-8H2,1H3. The number of esters is 1. The number of hydrogen-bond donors (Lipinski definition) is 0. The van der Waals surface area contributed by atoms with Gasteiger partial charge in [-0.2, -0.15) is 0 Å². The first kappa shape index (κ1) is 16.6. The summed E-state index contributed by atoms with van der Waals surface area (Å²) in [5.74, 6) is -0.258. The maximum Gasteiger partial charge on any atom is 0.323 e. The molecule has 0 bridgehead atoms. The van der Waals surface area contributed by atoms with Crippen LogP contribution in [-0.4, -0.2) is 60.0 Å². The number of benzene rings is 1. The number of carbonyl (C=O) groups is 2. The van der Waals surface area contributed by atoms with Crippen LogP contribution >= 0.6 is 23.2 Å². The van der Waals surface area contributed by atoms with E-state index in [-0.39, 0.29) is 24.0 Å². The van der Waals surface area contributed by atoms with E-state index in [2.05, 4.69) is 4.90 Å². The van der Waals surface area contributed by atoms with Gasteiger partial charge in [-0.3, -0.25) is 14.5 Å². The lowest BCUT2D eigenvalue weighted by Crippen LogP contribution is -2.53. The third-order valence-electron chi connectivity index (χ3n) is 4.35. The molecule has 2 heterocycles. The Hall–Kier alpha value is -1.30. The molecular weight excluding hydrogens is 339 g/mol.